The van der Waals surface area contributed by atoms with Gasteiger partial charge in [-0.2, -0.15) is 21.6 Å². The van der Waals surface area contributed by atoms with E-state index in [0.29, 0.717) is 53.2 Å². The van der Waals surface area contributed by atoms with Crippen molar-refractivity contribution in [1.29, 1.82) is 0 Å². The predicted molar refractivity (Wildman–Crippen MR) is 447 cm³/mol. The molecule has 0 bridgehead atoms. The Morgan fingerprint density at radius 3 is 0.961 bits per heavy atom. The molecule has 8 heterocycles. The van der Waals surface area contributed by atoms with Crippen LogP contribution in [-0.2, 0) is 50.5 Å². The maximum atomic E-state index is 13.7. The van der Waals surface area contributed by atoms with Crippen molar-refractivity contribution >= 4 is 125 Å². The summed E-state index contributed by atoms with van der Waals surface area (Å²) >= 11 is 2.74. The smallest absolute Gasteiger partial charge is 0.506 e. The van der Waals surface area contributed by atoms with E-state index in [9.17, 15) is 87.7 Å². The summed E-state index contributed by atoms with van der Waals surface area (Å²) in [5.41, 5.74) is -3.89. The van der Waals surface area contributed by atoms with E-state index in [2.05, 4.69) is 24.1 Å². The molecule has 648 valence electrons. The number of rotatable bonds is 23. The lowest BCUT2D eigenvalue weighted by atomic mass is 10.0. The maximum Gasteiger partial charge on any atom is 0.534 e. The van der Waals surface area contributed by atoms with E-state index in [-0.39, 0.29) is 128 Å². The van der Waals surface area contributed by atoms with Gasteiger partial charge in [0.1, 0.15) is 67.8 Å². The molecule has 0 radical (unpaired) electrons. The molecule has 10 aromatic carbocycles. The van der Waals surface area contributed by atoms with Crippen molar-refractivity contribution in [3.63, 3.8) is 0 Å². The van der Waals surface area contributed by atoms with Gasteiger partial charge in [-0.25, -0.2) is 17.6 Å². The molecule has 4 aliphatic rings. The summed E-state index contributed by atoms with van der Waals surface area (Å²) in [6.07, 6.45) is 5.85. The summed E-state index contributed by atoms with van der Waals surface area (Å²) in [7, 11) is -2.08. The number of imide groups is 4. The summed E-state index contributed by atoms with van der Waals surface area (Å²) in [6, 6.07) is 53.4. The topological polar surface area (TPSA) is 340 Å². The lowest BCUT2D eigenvalue weighted by molar-refractivity contribution is -0.0500. The van der Waals surface area contributed by atoms with Gasteiger partial charge in [-0.1, -0.05) is 108 Å². The summed E-state index contributed by atoms with van der Waals surface area (Å²) in [5.74, 6) is -8.91. The van der Waals surface area contributed by atoms with Crippen LogP contribution in [0.3, 0.4) is 0 Å². The van der Waals surface area contributed by atoms with Crippen LogP contribution in [0.5, 0.6) is 34.5 Å². The molecule has 14 aromatic rings. The number of hydrogen-bond donors (Lipinski definition) is 2. The molecule has 0 aliphatic carbocycles. The highest BCUT2D eigenvalue weighted by molar-refractivity contribution is 8.00. The van der Waals surface area contributed by atoms with Gasteiger partial charge in [-0.05, 0) is 144 Å². The summed E-state index contributed by atoms with van der Waals surface area (Å²) in [6.45, 7) is -1.18. The van der Waals surface area contributed by atoms with E-state index >= 15 is 0 Å². The number of phenolic OH excluding ortho intramolecular Hbond substituents is 2. The number of ether oxygens (including phenoxy) is 6. The van der Waals surface area contributed by atoms with Gasteiger partial charge in [0.2, 0.25) is 0 Å². The third kappa shape index (κ3) is 17.3. The highest BCUT2D eigenvalue weighted by Crippen LogP contribution is 2.51. The lowest BCUT2D eigenvalue weighted by Crippen LogP contribution is -2.30. The zero-order valence-corrected chi connectivity index (χ0v) is 69.1. The normalized spacial score (nSPS) is 13.3. The minimum Gasteiger partial charge on any atom is -0.506 e. The molecule has 27 nitrogen and oxygen atoms in total. The van der Waals surface area contributed by atoms with Crippen LogP contribution in [0.4, 0.5) is 30.7 Å². The minimum atomic E-state index is -6.23. The number of fused-ring (bicyclic) bond motifs is 8. The van der Waals surface area contributed by atoms with Crippen LogP contribution in [0.25, 0.3) is 43.6 Å². The van der Waals surface area contributed by atoms with Crippen LogP contribution in [0.1, 0.15) is 105 Å². The second kappa shape index (κ2) is 37.2. The molecule has 2 N–H and O–H groups in total. The predicted octanol–water partition coefficient (Wildman–Crippen LogP) is 16.6. The summed E-state index contributed by atoms with van der Waals surface area (Å²) < 4.78 is 152. The molecule has 0 atom stereocenters. The van der Waals surface area contributed by atoms with Crippen molar-refractivity contribution in [1.82, 2.24) is 39.5 Å². The molecule has 0 unspecified atom stereocenters. The number of nitrogens with zero attached hydrogens (tertiary/aromatic N) is 8. The monoisotopic (exact) mass is 1800 g/mol. The first-order valence-electron chi connectivity index (χ1n) is 38.0. The Hall–Kier alpha value is -14.8. The fourth-order valence-corrected chi connectivity index (χ4v) is 16.9. The van der Waals surface area contributed by atoms with Crippen molar-refractivity contribution in [3.8, 4) is 34.5 Å². The molecule has 0 saturated carbocycles. The van der Waals surface area contributed by atoms with E-state index in [1.165, 1.54) is 142 Å². The SMILES string of the molecule is COCOc1c2c(c(O)c3cccnc13)C(=O)N(Cc1ccc(F)cc1)C2=O.COCOc1c2c(c(OS(=O)(=O)C(F)(F)F)c3cccnc13)C(=O)N(Cc1ccc(F)cc1)C2=O.COCOc1c2c(c(Sc3ccccc3)c3cccnc13)C(=O)N(Cc1ccc(F)cc1)C2=O.O=C1c2c(c(O)c3ncccc3c2Sc2ccccc2)C(=O)N1Cc1ccc(F)cc1. The van der Waals surface area contributed by atoms with Gasteiger partial charge in [-0.3, -0.25) is 77.9 Å². The van der Waals surface area contributed by atoms with Crippen molar-refractivity contribution in [2.24, 2.45) is 0 Å². The number of amides is 8. The zero-order chi connectivity index (χ0) is 90.6. The second-order valence-electron chi connectivity index (χ2n) is 28.0. The Balaban J connectivity index is 0.000000132. The number of phenols is 2. The quantitative estimate of drug-likeness (QED) is 0.0197. The lowest BCUT2D eigenvalue weighted by Gasteiger charge is -2.16. The second-order valence-corrected chi connectivity index (χ2v) is 31.7. The molecule has 8 amide bonds. The third-order valence-electron chi connectivity index (χ3n) is 20.0. The fourth-order valence-electron chi connectivity index (χ4n) is 14.2. The first-order chi connectivity index (χ1) is 61.6. The van der Waals surface area contributed by atoms with E-state index in [4.69, 9.17) is 28.4 Å². The van der Waals surface area contributed by atoms with Crippen LogP contribution in [0.2, 0.25) is 0 Å². The van der Waals surface area contributed by atoms with Gasteiger partial charge in [0.15, 0.2) is 49.1 Å². The molecular formula is C91H63F7N8O19S3. The van der Waals surface area contributed by atoms with Crippen molar-refractivity contribution < 1.29 is 120 Å². The fraction of sp³-hybridized carbons (Fsp3) is 0.121. The number of carbonyl (C=O) groups is 8. The minimum absolute atomic E-state index is 0.00949. The molecule has 4 aromatic heterocycles. The zero-order valence-electron chi connectivity index (χ0n) is 66.7. The number of methoxy groups -OCH3 is 3. The van der Waals surface area contributed by atoms with Gasteiger partial charge in [0.25, 0.3) is 47.3 Å². The molecule has 128 heavy (non-hydrogen) atoms. The number of alkyl halides is 3. The molecule has 0 saturated heterocycles. The van der Waals surface area contributed by atoms with Crippen molar-refractivity contribution in [2.75, 3.05) is 41.7 Å². The highest BCUT2D eigenvalue weighted by Gasteiger charge is 2.52. The van der Waals surface area contributed by atoms with Gasteiger partial charge in [-0.15, -0.1) is 0 Å². The summed E-state index contributed by atoms with van der Waals surface area (Å²) in [5, 5.41) is 22.8. The number of pyridine rings is 4. The maximum absolute atomic E-state index is 13.7. The van der Waals surface area contributed by atoms with Gasteiger partial charge < -0.3 is 42.8 Å². The Labute approximate surface area is 728 Å². The molecule has 18 rings (SSSR count). The van der Waals surface area contributed by atoms with Crippen LogP contribution in [0, 0.1) is 23.3 Å². The number of aromatic nitrogens is 4. The van der Waals surface area contributed by atoms with Gasteiger partial charge in [0, 0.05) is 87.2 Å². The molecule has 0 spiro atoms. The molecule has 0 fully saturated rings. The number of benzene rings is 10. The Morgan fingerprint density at radius 1 is 0.328 bits per heavy atom. The van der Waals surface area contributed by atoms with Crippen molar-refractivity contribution in [2.45, 2.75) is 51.3 Å². The van der Waals surface area contributed by atoms with Crippen LogP contribution in [0.15, 0.2) is 251 Å². The standard InChI is InChI=1S/C26H19FN2O4S.C24H15FN2O3S.C21H14F4N2O7S.C20H15FN2O5/c1-32-15-33-23-20-21(26(31)29(25(20)30)14-16-9-11-17(27)12-10-16)24(19-8-5-13-28-22(19)23)34-18-6-3-2-4-7-18;25-15-10-8-14(9-11-15)13-27-23(29)18-19(24(27)30)22(31-16-5-2-1-3-6-16)17-7-4-12-26-20(17)21(18)28;1-32-10-33-18-15-14(19(28)27(20(15)29)9-11-4-6-12(22)7-5-11)17(13-3-2-8-26-16(13)18)34-35(30,31)21(23,24)25;1-27-10-28-18-15-14(17(24)13-3-2-8-22-16(13)18)19(25)23(20(15)26)9-11-4-6-12(21)7-5-11/h2-13H,14-15H2,1H3;1-12,28H,13H2;2-8H,9-10H2,1H3;2-8,24H,9-10H2,1H3. The van der Waals surface area contributed by atoms with Crippen molar-refractivity contribution in [3.05, 3.63) is 321 Å². The van der Waals surface area contributed by atoms with Crippen LogP contribution >= 0.6 is 23.5 Å². The number of carbonyl (C=O) groups excluding carboxylic acids is 8. The summed E-state index contributed by atoms with van der Waals surface area (Å²) in [4.78, 5) is 130. The number of aromatic hydroxyl groups is 2. The Morgan fingerprint density at radius 2 is 0.602 bits per heavy atom. The van der Waals surface area contributed by atoms with Gasteiger partial charge in [0.05, 0.1) is 54.0 Å². The van der Waals surface area contributed by atoms with Gasteiger partial charge >= 0.3 is 15.6 Å². The first-order valence-corrected chi connectivity index (χ1v) is 41.1. The highest BCUT2D eigenvalue weighted by atomic mass is 32.2. The average Bonchev–Trinajstić information content (AvgIpc) is 1.38. The van der Waals surface area contributed by atoms with Crippen LogP contribution < -0.4 is 18.4 Å². The molecular weight excluding hydrogens is 1740 g/mol. The van der Waals surface area contributed by atoms with E-state index in [1.807, 2.05) is 66.7 Å². The van der Waals surface area contributed by atoms with Crippen LogP contribution in [-0.4, -0.2) is 153 Å². The molecule has 37 heteroatoms. The Bertz CT molecular complexity index is 6920. The number of hydrogen-bond acceptors (Lipinski definition) is 25. The first kappa shape index (κ1) is 88.1. The van der Waals surface area contributed by atoms with E-state index in [1.54, 1.807) is 48.7 Å². The molecule has 4 aliphatic heterocycles. The van der Waals surface area contributed by atoms with E-state index < -0.39 is 111 Å². The Kier molecular flexibility index (Phi) is 25.6. The third-order valence-corrected chi connectivity index (χ3v) is 23.2. The number of halogens is 7. The average molecular weight is 1800 g/mol. The van der Waals surface area contributed by atoms with E-state index in [0.717, 1.165) is 42.7 Å². The largest absolute Gasteiger partial charge is 0.534 e.